The van der Waals surface area contributed by atoms with Crippen molar-refractivity contribution in [2.45, 2.75) is 57.4 Å². The van der Waals surface area contributed by atoms with E-state index in [1.807, 2.05) is 0 Å². The number of carbonyl (C=O) groups is 2. The second-order valence-corrected chi connectivity index (χ2v) is 6.13. The van der Waals surface area contributed by atoms with Crippen LogP contribution >= 0.6 is 0 Å². The Hall–Kier alpha value is -1.10. The van der Waals surface area contributed by atoms with Crippen LogP contribution in [0.25, 0.3) is 0 Å². The molecule has 5 nitrogen and oxygen atoms in total. The number of carboxylic acid groups (broad SMARTS) is 2. The van der Waals surface area contributed by atoms with E-state index in [-0.39, 0.29) is 19.1 Å². The third kappa shape index (κ3) is 3.69. The van der Waals surface area contributed by atoms with Gasteiger partial charge >= 0.3 is 11.9 Å². The first-order valence-corrected chi connectivity index (χ1v) is 7.18. The fourth-order valence-corrected chi connectivity index (χ4v) is 3.87. The van der Waals surface area contributed by atoms with Crippen molar-refractivity contribution in [1.82, 2.24) is 4.90 Å². The highest BCUT2D eigenvalue weighted by atomic mass is 16.4. The highest BCUT2D eigenvalue weighted by Gasteiger charge is 2.39. The molecule has 108 valence electrons. The van der Waals surface area contributed by atoms with E-state index in [0.29, 0.717) is 5.41 Å². The van der Waals surface area contributed by atoms with Gasteiger partial charge in [0.1, 0.15) is 0 Å². The first kappa shape index (κ1) is 14.3. The Morgan fingerprint density at radius 2 is 1.42 bits per heavy atom. The lowest BCUT2D eigenvalue weighted by Gasteiger charge is -2.41. The number of nitrogens with zero attached hydrogens (tertiary/aromatic N) is 1. The van der Waals surface area contributed by atoms with Crippen molar-refractivity contribution in [3.05, 3.63) is 0 Å². The molecule has 0 aromatic carbocycles. The lowest BCUT2D eigenvalue weighted by Crippen LogP contribution is -2.45. The van der Waals surface area contributed by atoms with E-state index in [1.54, 1.807) is 4.90 Å². The predicted octanol–water partition coefficient (Wildman–Crippen LogP) is 1.96. The summed E-state index contributed by atoms with van der Waals surface area (Å²) in [6.45, 7) is -0.325. The lowest BCUT2D eigenvalue weighted by atomic mass is 9.71. The molecule has 5 heteroatoms. The van der Waals surface area contributed by atoms with Gasteiger partial charge in [-0.15, -0.1) is 0 Å². The molecule has 0 atom stereocenters. The third-order valence-electron chi connectivity index (χ3n) is 4.87. The van der Waals surface area contributed by atoms with Gasteiger partial charge in [0.05, 0.1) is 13.1 Å². The van der Waals surface area contributed by atoms with Crippen molar-refractivity contribution in [2.75, 3.05) is 13.1 Å². The molecule has 0 radical (unpaired) electrons. The standard InChI is InChI=1S/C14H23NO4/c16-12(17)9-15(10-13(18)19)11-3-7-14(8-4-11)5-1-2-6-14/h11H,1-10H2,(H,16,17)(H,18,19). The van der Waals surface area contributed by atoms with Gasteiger partial charge in [-0.05, 0) is 43.9 Å². The van der Waals surface area contributed by atoms with E-state index in [1.165, 1.54) is 25.7 Å². The topological polar surface area (TPSA) is 77.8 Å². The lowest BCUT2D eigenvalue weighted by molar-refractivity contribution is -0.143. The summed E-state index contributed by atoms with van der Waals surface area (Å²) in [5.41, 5.74) is 0.495. The van der Waals surface area contributed by atoms with Crippen LogP contribution in [0.4, 0.5) is 0 Å². The average Bonchev–Trinajstić information content (AvgIpc) is 2.76. The molecule has 19 heavy (non-hydrogen) atoms. The molecule has 0 unspecified atom stereocenters. The second kappa shape index (κ2) is 5.90. The van der Waals surface area contributed by atoms with Crippen molar-refractivity contribution in [3.8, 4) is 0 Å². The molecule has 2 N–H and O–H groups in total. The maximum absolute atomic E-state index is 10.8. The Balaban J connectivity index is 1.92. The van der Waals surface area contributed by atoms with E-state index in [9.17, 15) is 9.59 Å². The van der Waals surface area contributed by atoms with Crippen LogP contribution in [0.5, 0.6) is 0 Å². The predicted molar refractivity (Wildman–Crippen MR) is 70.0 cm³/mol. The monoisotopic (exact) mass is 269 g/mol. The minimum atomic E-state index is -0.942. The van der Waals surface area contributed by atoms with Gasteiger partial charge in [-0.1, -0.05) is 12.8 Å². The molecule has 0 aromatic rings. The quantitative estimate of drug-likeness (QED) is 0.797. The van der Waals surface area contributed by atoms with Crippen molar-refractivity contribution >= 4 is 11.9 Å². The van der Waals surface area contributed by atoms with Crippen molar-refractivity contribution in [2.24, 2.45) is 5.41 Å². The van der Waals surface area contributed by atoms with Gasteiger partial charge < -0.3 is 10.2 Å². The molecular formula is C14H23NO4. The third-order valence-corrected chi connectivity index (χ3v) is 4.87. The number of hydrogen-bond donors (Lipinski definition) is 2. The Bertz CT molecular complexity index is 323. The van der Waals surface area contributed by atoms with Gasteiger partial charge in [-0.2, -0.15) is 0 Å². The summed E-state index contributed by atoms with van der Waals surface area (Å²) >= 11 is 0. The second-order valence-electron chi connectivity index (χ2n) is 6.13. The fourth-order valence-electron chi connectivity index (χ4n) is 3.87. The molecule has 2 aliphatic carbocycles. The van der Waals surface area contributed by atoms with Gasteiger partial charge in [0.25, 0.3) is 0 Å². The smallest absolute Gasteiger partial charge is 0.317 e. The van der Waals surface area contributed by atoms with Crippen molar-refractivity contribution in [3.63, 3.8) is 0 Å². The summed E-state index contributed by atoms with van der Waals surface area (Å²) in [5.74, 6) is -1.88. The minimum Gasteiger partial charge on any atom is -0.480 e. The molecule has 2 fully saturated rings. The Morgan fingerprint density at radius 1 is 0.947 bits per heavy atom. The Morgan fingerprint density at radius 3 is 1.84 bits per heavy atom. The normalized spacial score (nSPS) is 23.0. The molecule has 2 aliphatic rings. The van der Waals surface area contributed by atoms with Crippen LogP contribution in [0.1, 0.15) is 51.4 Å². The molecule has 0 amide bonds. The molecule has 0 saturated heterocycles. The first-order valence-electron chi connectivity index (χ1n) is 7.18. The maximum atomic E-state index is 10.8. The summed E-state index contributed by atoms with van der Waals surface area (Å²) in [4.78, 5) is 23.3. The van der Waals surface area contributed by atoms with Crippen molar-refractivity contribution in [1.29, 1.82) is 0 Å². The SMILES string of the molecule is O=C(O)CN(CC(=O)O)C1CCC2(CCCC2)CC1. The summed E-state index contributed by atoms with van der Waals surface area (Å²) < 4.78 is 0. The van der Waals surface area contributed by atoms with Gasteiger partial charge in [0.2, 0.25) is 0 Å². The number of carboxylic acids is 2. The Labute approximate surface area is 113 Å². The zero-order valence-corrected chi connectivity index (χ0v) is 11.3. The molecule has 0 aromatic heterocycles. The molecule has 0 bridgehead atoms. The van der Waals surface area contributed by atoms with Crippen LogP contribution in [0.2, 0.25) is 0 Å². The van der Waals surface area contributed by atoms with Crippen LogP contribution in [0.3, 0.4) is 0 Å². The zero-order chi connectivity index (χ0) is 13.9. The average molecular weight is 269 g/mol. The molecule has 0 aliphatic heterocycles. The number of hydrogen-bond acceptors (Lipinski definition) is 3. The Kier molecular flexibility index (Phi) is 4.45. The molecule has 1 spiro atoms. The first-order chi connectivity index (χ1) is 9.01. The van der Waals surface area contributed by atoms with E-state index in [2.05, 4.69) is 0 Å². The van der Waals surface area contributed by atoms with E-state index in [0.717, 1.165) is 25.7 Å². The molecule has 2 rings (SSSR count). The van der Waals surface area contributed by atoms with Crippen LogP contribution in [0, 0.1) is 5.41 Å². The highest BCUT2D eigenvalue weighted by Crippen LogP contribution is 2.49. The van der Waals surface area contributed by atoms with Crippen molar-refractivity contribution < 1.29 is 19.8 Å². The van der Waals surface area contributed by atoms with Gasteiger partial charge in [-0.3, -0.25) is 14.5 Å². The largest absolute Gasteiger partial charge is 0.480 e. The van der Waals surface area contributed by atoms with E-state index >= 15 is 0 Å². The summed E-state index contributed by atoms with van der Waals surface area (Å²) in [5, 5.41) is 17.8. The summed E-state index contributed by atoms with van der Waals surface area (Å²) in [6, 6.07) is 0.124. The van der Waals surface area contributed by atoms with Gasteiger partial charge in [0.15, 0.2) is 0 Å². The van der Waals surface area contributed by atoms with Crippen LogP contribution in [0.15, 0.2) is 0 Å². The van der Waals surface area contributed by atoms with E-state index in [4.69, 9.17) is 10.2 Å². The highest BCUT2D eigenvalue weighted by molar-refractivity contribution is 5.72. The number of rotatable bonds is 5. The summed E-state index contributed by atoms with van der Waals surface area (Å²) in [7, 11) is 0. The fraction of sp³-hybridized carbons (Fsp3) is 0.857. The molecule has 0 heterocycles. The molecule has 2 saturated carbocycles. The van der Waals surface area contributed by atoms with Crippen LogP contribution in [-0.4, -0.2) is 46.2 Å². The molecular weight excluding hydrogens is 246 g/mol. The van der Waals surface area contributed by atoms with Gasteiger partial charge in [0, 0.05) is 6.04 Å². The van der Waals surface area contributed by atoms with Gasteiger partial charge in [-0.25, -0.2) is 0 Å². The zero-order valence-electron chi connectivity index (χ0n) is 11.3. The summed E-state index contributed by atoms with van der Waals surface area (Å²) in [6.07, 6.45) is 9.40. The maximum Gasteiger partial charge on any atom is 0.317 e. The number of aliphatic carboxylic acids is 2. The van der Waals surface area contributed by atoms with Crippen LogP contribution < -0.4 is 0 Å². The minimum absolute atomic E-state index is 0.124. The van der Waals surface area contributed by atoms with E-state index < -0.39 is 11.9 Å². The van der Waals surface area contributed by atoms with Crippen LogP contribution in [-0.2, 0) is 9.59 Å².